The Hall–Kier alpha value is -2.65. The van der Waals surface area contributed by atoms with E-state index >= 15 is 0 Å². The molecule has 1 N–H and O–H groups in total. The highest BCUT2D eigenvalue weighted by Gasteiger charge is 2.40. The quantitative estimate of drug-likeness (QED) is 0.717. The first-order valence-corrected chi connectivity index (χ1v) is 10.8. The van der Waals surface area contributed by atoms with Crippen molar-refractivity contribution < 1.29 is 22.7 Å². The van der Waals surface area contributed by atoms with E-state index in [1.165, 1.54) is 28.2 Å². The van der Waals surface area contributed by atoms with Crippen LogP contribution in [0.15, 0.2) is 41.4 Å². The number of benzene rings is 1. The number of hydrogen-bond donors (Lipinski definition) is 1. The molecule has 3 rings (SSSR count). The zero-order chi connectivity index (χ0) is 21.2. The molecule has 0 radical (unpaired) electrons. The van der Waals surface area contributed by atoms with Crippen LogP contribution in [0.25, 0.3) is 0 Å². The van der Waals surface area contributed by atoms with Gasteiger partial charge in [0, 0.05) is 26.3 Å². The van der Waals surface area contributed by atoms with Crippen LogP contribution in [-0.2, 0) is 33.1 Å². The normalized spacial score (nSPS) is 17.3. The monoisotopic (exact) mass is 419 g/mol. The second-order valence-corrected chi connectivity index (χ2v) is 9.03. The summed E-state index contributed by atoms with van der Waals surface area (Å²) in [5, 5.41) is 2.83. The van der Waals surface area contributed by atoms with Gasteiger partial charge >= 0.3 is 5.97 Å². The number of amides is 1. The molecule has 29 heavy (non-hydrogen) atoms. The first-order chi connectivity index (χ1) is 13.7. The number of aryl methyl sites for hydroxylation is 2. The molecule has 1 saturated heterocycles. The first kappa shape index (κ1) is 21.1. The Labute approximate surface area is 170 Å². The highest BCUT2D eigenvalue weighted by molar-refractivity contribution is 7.89. The number of nitrogens with zero attached hydrogens (tertiary/aromatic N) is 2. The van der Waals surface area contributed by atoms with Crippen molar-refractivity contribution >= 4 is 21.9 Å². The maximum Gasteiger partial charge on any atom is 0.354 e. The summed E-state index contributed by atoms with van der Waals surface area (Å²) in [5.74, 6) is -0.946. The third kappa shape index (κ3) is 4.35. The minimum Gasteiger partial charge on any atom is -0.464 e. The van der Waals surface area contributed by atoms with Gasteiger partial charge in [0.2, 0.25) is 15.9 Å². The van der Waals surface area contributed by atoms with Gasteiger partial charge in [-0.15, -0.1) is 0 Å². The van der Waals surface area contributed by atoms with Gasteiger partial charge in [0.1, 0.15) is 16.6 Å². The number of nitrogens with one attached hydrogen (secondary N) is 1. The molecular formula is C20H25N3O5S. The van der Waals surface area contributed by atoms with E-state index in [1.54, 1.807) is 7.05 Å². The lowest BCUT2D eigenvalue weighted by molar-refractivity contribution is -0.124. The molecule has 1 aromatic carbocycles. The van der Waals surface area contributed by atoms with Crippen LogP contribution in [0.5, 0.6) is 0 Å². The third-order valence-electron chi connectivity index (χ3n) is 5.07. The van der Waals surface area contributed by atoms with Gasteiger partial charge in [-0.1, -0.05) is 29.8 Å². The molecule has 0 unspecified atom stereocenters. The number of carbonyl (C=O) groups excluding carboxylic acids is 2. The molecule has 0 spiro atoms. The fourth-order valence-corrected chi connectivity index (χ4v) is 5.15. The van der Waals surface area contributed by atoms with E-state index in [0.717, 1.165) is 11.1 Å². The van der Waals surface area contributed by atoms with Crippen LogP contribution in [0.4, 0.5) is 0 Å². The molecule has 2 heterocycles. The maximum atomic E-state index is 13.1. The van der Waals surface area contributed by atoms with E-state index in [4.69, 9.17) is 0 Å². The smallest absolute Gasteiger partial charge is 0.354 e. The Morgan fingerprint density at radius 3 is 2.59 bits per heavy atom. The van der Waals surface area contributed by atoms with Crippen LogP contribution in [-0.4, -0.2) is 48.9 Å². The topological polar surface area (TPSA) is 97.7 Å². The van der Waals surface area contributed by atoms with Crippen LogP contribution >= 0.6 is 0 Å². The van der Waals surface area contributed by atoms with Crippen LogP contribution in [0.2, 0.25) is 0 Å². The molecule has 0 bridgehead atoms. The number of rotatable bonds is 6. The number of carbonyl (C=O) groups is 2. The molecule has 8 nitrogen and oxygen atoms in total. The fraction of sp³-hybridized carbons (Fsp3) is 0.400. The highest BCUT2D eigenvalue weighted by Crippen LogP contribution is 2.27. The number of ether oxygens (including phenoxy) is 1. The van der Waals surface area contributed by atoms with E-state index in [2.05, 4.69) is 10.1 Å². The van der Waals surface area contributed by atoms with Crippen molar-refractivity contribution in [3.63, 3.8) is 0 Å². The minimum absolute atomic E-state index is 0.0290. The third-order valence-corrected chi connectivity index (χ3v) is 6.95. The van der Waals surface area contributed by atoms with Gasteiger partial charge in [-0.25, -0.2) is 13.2 Å². The Kier molecular flexibility index (Phi) is 6.09. The van der Waals surface area contributed by atoms with Gasteiger partial charge in [0.25, 0.3) is 0 Å². The summed E-state index contributed by atoms with van der Waals surface area (Å²) in [4.78, 5) is 24.5. The van der Waals surface area contributed by atoms with E-state index in [1.807, 2.05) is 31.2 Å². The fourth-order valence-electron chi connectivity index (χ4n) is 3.42. The SMILES string of the molecule is COC(=O)c1cc(S(=O)(=O)N2CCC[C@H]2C(=O)NCc2ccc(C)cc2)cn1C. The van der Waals surface area contributed by atoms with Crippen LogP contribution in [0.3, 0.4) is 0 Å². The summed E-state index contributed by atoms with van der Waals surface area (Å²) < 4.78 is 33.5. The lowest BCUT2D eigenvalue weighted by Crippen LogP contribution is -2.45. The Bertz CT molecular complexity index is 1010. The molecule has 0 aliphatic carbocycles. The van der Waals surface area contributed by atoms with E-state index < -0.39 is 22.0 Å². The van der Waals surface area contributed by atoms with E-state index in [-0.39, 0.29) is 23.0 Å². The number of sulfonamides is 1. The number of methoxy groups -OCH3 is 1. The van der Waals surface area contributed by atoms with Gasteiger partial charge in [-0.05, 0) is 31.4 Å². The average molecular weight is 420 g/mol. The van der Waals surface area contributed by atoms with Crippen LogP contribution in [0, 0.1) is 6.92 Å². The van der Waals surface area contributed by atoms with Gasteiger partial charge < -0.3 is 14.6 Å². The van der Waals surface area contributed by atoms with Crippen molar-refractivity contribution in [2.75, 3.05) is 13.7 Å². The van der Waals surface area contributed by atoms with E-state index in [0.29, 0.717) is 19.4 Å². The summed E-state index contributed by atoms with van der Waals surface area (Å²) in [7, 11) is -1.12. The van der Waals surface area contributed by atoms with Crippen LogP contribution in [0.1, 0.15) is 34.5 Å². The van der Waals surface area contributed by atoms with Crippen molar-refractivity contribution in [3.05, 3.63) is 53.3 Å². The molecule has 1 amide bonds. The number of aromatic nitrogens is 1. The number of esters is 1. The first-order valence-electron chi connectivity index (χ1n) is 9.34. The molecular weight excluding hydrogens is 394 g/mol. The predicted molar refractivity (Wildman–Crippen MR) is 107 cm³/mol. The second kappa shape index (κ2) is 8.38. The van der Waals surface area contributed by atoms with Gasteiger partial charge in [-0.2, -0.15) is 4.31 Å². The van der Waals surface area contributed by atoms with Gasteiger partial charge in [-0.3, -0.25) is 4.79 Å². The van der Waals surface area contributed by atoms with Crippen molar-refractivity contribution in [2.24, 2.45) is 7.05 Å². The second-order valence-electron chi connectivity index (χ2n) is 7.14. The van der Waals surface area contributed by atoms with Gasteiger partial charge in [0.05, 0.1) is 7.11 Å². The Morgan fingerprint density at radius 2 is 1.93 bits per heavy atom. The van der Waals surface area contributed by atoms with Crippen LogP contribution < -0.4 is 5.32 Å². The van der Waals surface area contributed by atoms with Crippen molar-refractivity contribution in [1.82, 2.24) is 14.2 Å². The Balaban J connectivity index is 1.76. The maximum absolute atomic E-state index is 13.1. The molecule has 9 heteroatoms. The summed E-state index contributed by atoms with van der Waals surface area (Å²) in [6, 6.07) is 8.28. The van der Waals surface area contributed by atoms with Gasteiger partial charge in [0.15, 0.2) is 0 Å². The van der Waals surface area contributed by atoms with E-state index in [9.17, 15) is 18.0 Å². The lowest BCUT2D eigenvalue weighted by Gasteiger charge is -2.23. The molecule has 1 aliphatic heterocycles. The summed E-state index contributed by atoms with van der Waals surface area (Å²) >= 11 is 0. The molecule has 1 aliphatic rings. The molecule has 1 fully saturated rings. The lowest BCUT2D eigenvalue weighted by atomic mass is 10.1. The zero-order valence-corrected chi connectivity index (χ0v) is 17.5. The molecule has 1 aromatic heterocycles. The standard InChI is InChI=1S/C20H25N3O5S/c1-14-6-8-15(9-7-14)12-21-19(24)17-5-4-10-23(17)29(26,27)16-11-18(20(25)28-3)22(2)13-16/h6-9,11,13,17H,4-5,10,12H2,1-3H3,(H,21,24)/t17-/m0/s1. The van der Waals surface area contributed by atoms with Crippen molar-refractivity contribution in [2.45, 2.75) is 37.2 Å². The summed E-state index contributed by atoms with van der Waals surface area (Å²) in [6.07, 6.45) is 2.41. The minimum atomic E-state index is -3.92. The molecule has 0 saturated carbocycles. The zero-order valence-electron chi connectivity index (χ0n) is 16.7. The van der Waals surface area contributed by atoms with Crippen molar-refractivity contribution in [3.8, 4) is 0 Å². The molecule has 2 aromatic rings. The number of hydrogen-bond acceptors (Lipinski definition) is 5. The molecule has 156 valence electrons. The largest absolute Gasteiger partial charge is 0.464 e. The predicted octanol–water partition coefficient (Wildman–Crippen LogP) is 1.59. The molecule has 1 atom stereocenters. The summed E-state index contributed by atoms with van der Waals surface area (Å²) in [6.45, 7) is 2.58. The van der Waals surface area contributed by atoms with Crippen molar-refractivity contribution in [1.29, 1.82) is 0 Å². The Morgan fingerprint density at radius 1 is 1.24 bits per heavy atom. The highest BCUT2D eigenvalue weighted by atomic mass is 32.2. The summed E-state index contributed by atoms with van der Waals surface area (Å²) in [5.41, 5.74) is 2.20. The average Bonchev–Trinajstić information content (AvgIpc) is 3.34.